The zero-order chi connectivity index (χ0) is 10.4. The van der Waals surface area contributed by atoms with Crippen LogP contribution < -0.4 is 0 Å². The van der Waals surface area contributed by atoms with Gasteiger partial charge in [0.2, 0.25) is 0 Å². The molecule has 0 fully saturated rings. The molecule has 0 aliphatic heterocycles. The summed E-state index contributed by atoms with van der Waals surface area (Å²) in [6.07, 6.45) is -3.07. The van der Waals surface area contributed by atoms with Crippen LogP contribution in [0.1, 0.15) is 22.3 Å². The molecule has 20 heavy (non-hydrogen) atoms. The van der Waals surface area contributed by atoms with Crippen molar-refractivity contribution in [3.8, 4) is 0 Å². The first kappa shape index (κ1) is 49.6. The van der Waals surface area contributed by atoms with E-state index in [4.69, 9.17) is 25.5 Å². The van der Waals surface area contributed by atoms with Crippen LogP contribution in [0.15, 0.2) is 12.1 Å². The molecule has 0 aliphatic carbocycles. The fraction of sp³-hybridized carbons (Fsp3) is 0.429. The van der Waals surface area contributed by atoms with Gasteiger partial charge < -0.3 is 42.0 Å². The second kappa shape index (κ2) is 28.6. The van der Waals surface area contributed by atoms with Crippen molar-refractivity contribution in [1.29, 1.82) is 0 Å². The van der Waals surface area contributed by atoms with Gasteiger partial charge >= 0.3 is 0 Å². The fourth-order valence-electron chi connectivity index (χ4n) is 0.646. The molecule has 11 N–H and O–H groups in total. The number of aliphatic hydroxyl groups excluding tert-OH is 3. The maximum Gasteiger partial charge on any atom is 0.188 e. The summed E-state index contributed by atoms with van der Waals surface area (Å²) in [5, 5.41) is 41.5. The monoisotopic (exact) mass is 514 g/mol. The van der Waals surface area contributed by atoms with Crippen molar-refractivity contribution in [2.24, 2.45) is 0 Å². The van der Waals surface area contributed by atoms with Gasteiger partial charge in [-0.05, 0) is 12.1 Å². The van der Waals surface area contributed by atoms with E-state index in [1.165, 1.54) is 12.1 Å². The largest absolute Gasteiger partial charge is 0.412 e. The third-order valence-electron chi connectivity index (χ3n) is 1.16. The standard InChI is InChI=1S/C6H8O4S.CH4O.4Cu.3H2O/c7-5(8)3-1-2-4(11-3)6(9)10;1-2;;;;;;;/h1-2,5-10H;2H,1H3;;;;;3*1H2. The normalized spacial score (nSPS) is 6.60. The van der Waals surface area contributed by atoms with Gasteiger partial charge in [0.25, 0.3) is 0 Å². The average molecular weight is 516 g/mol. The van der Waals surface area contributed by atoms with E-state index >= 15 is 0 Å². The molecule has 0 aromatic carbocycles. The van der Waals surface area contributed by atoms with Crippen molar-refractivity contribution in [2.45, 2.75) is 12.6 Å². The van der Waals surface area contributed by atoms with Crippen LogP contribution in [0, 0.1) is 0 Å². The summed E-state index contributed by atoms with van der Waals surface area (Å²) >= 11 is 0.949. The smallest absolute Gasteiger partial charge is 0.188 e. The quantitative estimate of drug-likeness (QED) is 0.204. The van der Waals surface area contributed by atoms with Crippen molar-refractivity contribution in [3.05, 3.63) is 21.9 Å². The molecule has 8 nitrogen and oxygen atoms in total. The first-order valence-electron chi connectivity index (χ1n) is 3.38. The molecular weight excluding hydrogens is 498 g/mol. The third kappa shape index (κ3) is 19.5. The van der Waals surface area contributed by atoms with Gasteiger partial charge in [-0.15, -0.1) is 11.3 Å². The molecule has 1 aromatic rings. The average Bonchev–Trinajstić information content (AvgIpc) is 2.56. The molecule has 0 atom stereocenters. The predicted octanol–water partition coefficient (Wildman–Crippen LogP) is -3.16. The van der Waals surface area contributed by atoms with Gasteiger partial charge in [-0.3, -0.25) is 0 Å². The van der Waals surface area contributed by atoms with E-state index < -0.39 is 12.6 Å². The van der Waals surface area contributed by atoms with Gasteiger partial charge in [0.1, 0.15) is 0 Å². The van der Waals surface area contributed by atoms with E-state index in [1.807, 2.05) is 0 Å². The molecule has 4 radical (unpaired) electrons. The molecule has 1 aromatic heterocycles. The number of hydrogen-bond acceptors (Lipinski definition) is 6. The van der Waals surface area contributed by atoms with Crippen LogP contribution in [-0.2, 0) is 68.3 Å². The van der Waals surface area contributed by atoms with Crippen LogP contribution in [0.4, 0.5) is 0 Å². The van der Waals surface area contributed by atoms with Crippen molar-refractivity contribution < 1.29 is 110 Å². The molecule has 0 saturated heterocycles. The van der Waals surface area contributed by atoms with Crippen molar-refractivity contribution in [3.63, 3.8) is 0 Å². The van der Waals surface area contributed by atoms with Crippen molar-refractivity contribution in [1.82, 2.24) is 0 Å². The Labute approximate surface area is 162 Å². The molecule has 0 amide bonds. The molecule has 0 spiro atoms. The van der Waals surface area contributed by atoms with Gasteiger partial charge in [0.15, 0.2) is 12.6 Å². The maximum absolute atomic E-state index is 8.62. The molecule has 1 heterocycles. The molecule has 0 bridgehead atoms. The Morgan fingerprint density at radius 1 is 0.700 bits per heavy atom. The van der Waals surface area contributed by atoms with Crippen LogP contribution in [0.2, 0.25) is 0 Å². The minimum atomic E-state index is -1.53. The van der Waals surface area contributed by atoms with E-state index in [-0.39, 0.29) is 84.7 Å². The Bertz CT molecular complexity index is 228. The molecule has 0 aliphatic rings. The number of rotatable bonds is 2. The van der Waals surface area contributed by atoms with Crippen LogP contribution >= 0.6 is 11.3 Å². The zero-order valence-corrected chi connectivity index (χ0v) is 14.2. The van der Waals surface area contributed by atoms with Crippen LogP contribution in [0.25, 0.3) is 0 Å². The third-order valence-corrected chi connectivity index (χ3v) is 2.32. The first-order chi connectivity index (χ1) is 6.11. The molecule has 0 unspecified atom stereocenters. The van der Waals surface area contributed by atoms with E-state index in [0.717, 1.165) is 18.4 Å². The topological polar surface area (TPSA) is 196 Å². The van der Waals surface area contributed by atoms with Gasteiger partial charge in [-0.2, -0.15) is 0 Å². The van der Waals surface area contributed by atoms with Crippen LogP contribution in [0.5, 0.6) is 0 Å². The summed E-state index contributed by atoms with van der Waals surface area (Å²) in [6.45, 7) is 0. The Balaban J connectivity index is -0.0000000256. The fourth-order valence-corrected chi connectivity index (χ4v) is 1.40. The Morgan fingerprint density at radius 2 is 0.900 bits per heavy atom. The minimum Gasteiger partial charge on any atom is -0.412 e. The second-order valence-electron chi connectivity index (χ2n) is 1.99. The Morgan fingerprint density at radius 3 is 1.00 bits per heavy atom. The van der Waals surface area contributed by atoms with E-state index in [9.17, 15) is 0 Å². The van der Waals surface area contributed by atoms with Crippen molar-refractivity contribution >= 4 is 11.3 Å². The maximum atomic E-state index is 8.62. The number of hydrogen-bond donors (Lipinski definition) is 5. The van der Waals surface area contributed by atoms with Gasteiger partial charge in [0.05, 0.1) is 9.75 Å². The van der Waals surface area contributed by atoms with E-state index in [2.05, 4.69) is 0 Å². The summed E-state index contributed by atoms with van der Waals surface area (Å²) in [7, 11) is 1.00. The summed E-state index contributed by atoms with van der Waals surface area (Å²) in [5.41, 5.74) is 0. The van der Waals surface area contributed by atoms with Gasteiger partial charge in [-0.1, -0.05) is 0 Å². The first-order valence-corrected chi connectivity index (χ1v) is 4.19. The van der Waals surface area contributed by atoms with E-state index in [1.54, 1.807) is 0 Å². The summed E-state index contributed by atoms with van der Waals surface area (Å²) in [6, 6.07) is 2.87. The minimum absolute atomic E-state index is 0. The predicted molar refractivity (Wildman–Crippen MR) is 57.7 cm³/mol. The number of thiophene rings is 1. The summed E-state index contributed by atoms with van der Waals surface area (Å²) in [5.74, 6) is 0. The zero-order valence-electron chi connectivity index (χ0n) is 9.66. The summed E-state index contributed by atoms with van der Waals surface area (Å²) in [4.78, 5) is 0.598. The second-order valence-corrected chi connectivity index (χ2v) is 3.13. The molecule has 0 saturated carbocycles. The number of aliphatic hydroxyl groups is 5. The summed E-state index contributed by atoms with van der Waals surface area (Å²) < 4.78 is 0. The van der Waals surface area contributed by atoms with Gasteiger partial charge in [0, 0.05) is 75.4 Å². The van der Waals surface area contributed by atoms with Crippen LogP contribution in [0.3, 0.4) is 0 Å². The van der Waals surface area contributed by atoms with Crippen molar-refractivity contribution in [2.75, 3.05) is 7.11 Å². The molecule has 144 valence electrons. The van der Waals surface area contributed by atoms with E-state index in [0.29, 0.717) is 9.75 Å². The molecule has 13 heteroatoms. The van der Waals surface area contributed by atoms with Crippen LogP contribution in [-0.4, -0.2) is 49.1 Å². The Hall–Kier alpha value is 1.46. The Kier molecular flexibility index (Phi) is 70.9. The molecule has 1 rings (SSSR count). The SMILES string of the molecule is CO.O.O.O.OC(O)c1ccc(C(O)O)s1.[Cu].[Cu].[Cu].[Cu]. The van der Waals surface area contributed by atoms with Gasteiger partial charge in [-0.25, -0.2) is 0 Å². The molecular formula is C7H18Cu4O8S.